The summed E-state index contributed by atoms with van der Waals surface area (Å²) in [5.41, 5.74) is -0.0265. The molecule has 1 aliphatic heterocycles. The van der Waals surface area contributed by atoms with Gasteiger partial charge in [-0.15, -0.1) is 0 Å². The topological polar surface area (TPSA) is 267 Å². The van der Waals surface area contributed by atoms with E-state index in [1.807, 2.05) is 182 Å². The first-order valence-electron chi connectivity index (χ1n) is 38.3. The third-order valence-corrected chi connectivity index (χ3v) is 17.2. The maximum atomic E-state index is 15.7. The summed E-state index contributed by atoms with van der Waals surface area (Å²) in [5.74, 6) is -3.06. The van der Waals surface area contributed by atoms with E-state index in [1.165, 1.54) is 11.1 Å². The lowest BCUT2D eigenvalue weighted by atomic mass is 9.96. The second kappa shape index (κ2) is 41.2. The molecule has 8 rings (SSSR count). The van der Waals surface area contributed by atoms with Crippen LogP contribution in [0.1, 0.15) is 168 Å². The molecule has 6 aromatic carbocycles. The van der Waals surface area contributed by atoms with Crippen molar-refractivity contribution in [2.24, 2.45) is 0 Å². The number of pyridine rings is 1. The fourth-order valence-electron chi connectivity index (χ4n) is 12.3. The van der Waals surface area contributed by atoms with Crippen LogP contribution in [-0.4, -0.2) is 131 Å². The van der Waals surface area contributed by atoms with Crippen molar-refractivity contribution in [2.45, 2.75) is 265 Å². The number of aromatic nitrogens is 1. The second-order valence-electron chi connectivity index (χ2n) is 32.9. The van der Waals surface area contributed by atoms with E-state index in [2.05, 4.69) is 10.6 Å². The number of amides is 3. The number of carbonyl (C=O) groups excluding carboxylic acids is 6. The highest BCUT2D eigenvalue weighted by atomic mass is 16.7. The summed E-state index contributed by atoms with van der Waals surface area (Å²) in [6.07, 6.45) is -7.27. The second-order valence-corrected chi connectivity index (χ2v) is 32.9. The largest absolute Gasteiger partial charge is 0.868 e. The molecule has 112 heavy (non-hydrogen) atoms. The van der Waals surface area contributed by atoms with Crippen LogP contribution in [0.5, 0.6) is 5.75 Å². The first-order valence-corrected chi connectivity index (χ1v) is 38.3. The first-order chi connectivity index (χ1) is 53.0. The van der Waals surface area contributed by atoms with E-state index in [-0.39, 0.29) is 89.5 Å². The summed E-state index contributed by atoms with van der Waals surface area (Å²) in [7, 11) is 0. The molecule has 0 spiro atoms. The lowest BCUT2D eigenvalue weighted by Gasteiger charge is -2.46. The molecule has 0 unspecified atom stereocenters. The Labute approximate surface area is 660 Å². The molecule has 23 heteroatoms. The maximum Gasteiger partial charge on any atom is 0.411 e. The highest BCUT2D eigenvalue weighted by Crippen LogP contribution is 2.35. The van der Waals surface area contributed by atoms with Crippen molar-refractivity contribution >= 4 is 36.2 Å². The summed E-state index contributed by atoms with van der Waals surface area (Å²) in [6, 6.07) is 52.7. The Morgan fingerprint density at radius 1 is 0.455 bits per heavy atom. The van der Waals surface area contributed by atoms with Gasteiger partial charge in [0.25, 0.3) is 0 Å². The van der Waals surface area contributed by atoms with Crippen molar-refractivity contribution in [1.82, 2.24) is 15.5 Å². The number of carbonyl (C=O) groups is 6. The molecule has 2 N–H and O–H groups in total. The van der Waals surface area contributed by atoms with E-state index in [0.717, 1.165) is 22.3 Å². The molecule has 9 atom stereocenters. The van der Waals surface area contributed by atoms with Gasteiger partial charge in [0, 0.05) is 18.5 Å². The van der Waals surface area contributed by atoms with Crippen molar-refractivity contribution in [3.8, 4) is 5.75 Å². The number of esters is 3. The summed E-state index contributed by atoms with van der Waals surface area (Å²) >= 11 is 0. The maximum absolute atomic E-state index is 15.7. The van der Waals surface area contributed by atoms with Crippen LogP contribution in [-0.2, 0) is 130 Å². The average molecular weight is 1540 g/mol. The summed E-state index contributed by atoms with van der Waals surface area (Å²) in [6.45, 7) is 25.2. The fraction of sp³-hybridized carbons (Fsp3) is 0.472. The van der Waals surface area contributed by atoms with Crippen LogP contribution in [0.15, 0.2) is 194 Å². The van der Waals surface area contributed by atoms with Crippen molar-refractivity contribution in [3.63, 3.8) is 0 Å². The van der Waals surface area contributed by atoms with E-state index in [1.54, 1.807) is 115 Å². The quantitative estimate of drug-likeness (QED) is 0.0212. The monoisotopic (exact) mass is 1540 g/mol. The Morgan fingerprint density at radius 3 is 1.32 bits per heavy atom. The molecule has 7 aromatic rings. The number of ether oxygens (including phenoxy) is 12. The minimum Gasteiger partial charge on any atom is -0.868 e. The van der Waals surface area contributed by atoms with Crippen molar-refractivity contribution in [2.75, 3.05) is 6.61 Å². The van der Waals surface area contributed by atoms with Crippen LogP contribution in [0, 0.1) is 0 Å². The van der Waals surface area contributed by atoms with E-state index in [9.17, 15) is 19.2 Å². The van der Waals surface area contributed by atoms with Crippen molar-refractivity contribution in [3.05, 3.63) is 239 Å². The molecule has 0 saturated carbocycles. The van der Waals surface area contributed by atoms with Crippen LogP contribution >= 0.6 is 0 Å². The van der Waals surface area contributed by atoms with Gasteiger partial charge >= 0.3 is 36.2 Å². The zero-order valence-electron chi connectivity index (χ0n) is 67.5. The summed E-state index contributed by atoms with van der Waals surface area (Å²) < 4.78 is 80.0. The zero-order valence-corrected chi connectivity index (χ0v) is 67.5. The summed E-state index contributed by atoms with van der Waals surface area (Å²) in [4.78, 5) is 88.1. The van der Waals surface area contributed by atoms with Gasteiger partial charge in [-0.25, -0.2) is 33.3 Å². The Hall–Kier alpha value is -9.75. The standard InChI is InChI=1S/C89H114N4O19/c1-85(2,3)108-78(95)70(90-82(98)111-88(10,11)12)48-46-67-52-92(54-73(94)69(67)50-71(79(96)109-86(4,5)6)91-83(99)112-89(13,14)15)53-68(47-49-72(80(97)110-87(7,8)9)93(51-61-34-22-16-23-35-61)84(100)105-59-66-44-32-21-33-45-66)106-81-77(104-58-65-42-30-20-31-43-65)76(103-57-64-40-28-19-29-41-64)75(102-56-63-38-26-18-27-39-63)74(107-81)60-101-55-62-36-24-17-25-37-62/h16-45,52,54,68,70-72,74-77,81H,46-51,53,55-60H2,1-15H3,(H2-,90,91,94,98,99)/t68-,70+,71+,72+,74-,75+,76+,77-,81-/m1/s1. The molecule has 0 aliphatic carbocycles. The Balaban J connectivity index is 1.33. The molecular formula is C89H114N4O19. The van der Waals surface area contributed by atoms with Gasteiger partial charge in [0.15, 0.2) is 25.2 Å². The molecule has 604 valence electrons. The van der Waals surface area contributed by atoms with Crippen LogP contribution in [0.4, 0.5) is 14.4 Å². The van der Waals surface area contributed by atoms with Gasteiger partial charge in [-0.2, -0.15) is 0 Å². The van der Waals surface area contributed by atoms with Crippen molar-refractivity contribution < 1.29 is 95.3 Å². The number of alkyl carbamates (subject to hydrolysis) is 2. The number of nitrogens with zero attached hydrogens (tertiary/aromatic N) is 2. The van der Waals surface area contributed by atoms with E-state index in [0.29, 0.717) is 11.1 Å². The lowest BCUT2D eigenvalue weighted by Crippen LogP contribution is -2.62. The number of aryl methyl sites for hydroxylation is 1. The van der Waals surface area contributed by atoms with Crippen molar-refractivity contribution in [1.29, 1.82) is 0 Å². The van der Waals surface area contributed by atoms with Gasteiger partial charge in [-0.3, -0.25) is 4.90 Å². The van der Waals surface area contributed by atoms with Gasteiger partial charge in [0.05, 0.1) is 33.0 Å². The number of hydrogen-bond donors (Lipinski definition) is 2. The van der Waals surface area contributed by atoms with Crippen LogP contribution < -0.4 is 20.3 Å². The van der Waals surface area contributed by atoms with Gasteiger partial charge in [0.1, 0.15) is 83.3 Å². The minimum absolute atomic E-state index is 0.0275. The number of benzene rings is 6. The number of rotatable bonds is 35. The highest BCUT2D eigenvalue weighted by molar-refractivity contribution is 5.83. The van der Waals surface area contributed by atoms with Crippen LogP contribution in [0.2, 0.25) is 0 Å². The van der Waals surface area contributed by atoms with E-state index < -0.39 is 131 Å². The number of nitrogens with one attached hydrogen (secondary N) is 2. The molecular weight excluding hydrogens is 1430 g/mol. The Kier molecular flexibility index (Phi) is 32.3. The van der Waals surface area contributed by atoms with Gasteiger partial charge in [-0.1, -0.05) is 182 Å². The minimum atomic E-state index is -1.52. The Bertz CT molecular complexity index is 4070. The molecule has 23 nitrogen and oxygen atoms in total. The summed E-state index contributed by atoms with van der Waals surface area (Å²) in [5, 5.41) is 21.0. The molecule has 1 saturated heterocycles. The predicted octanol–water partition coefficient (Wildman–Crippen LogP) is 14.4. The van der Waals surface area contributed by atoms with Gasteiger partial charge in [-0.05, 0) is 174 Å². The smallest absolute Gasteiger partial charge is 0.411 e. The molecule has 0 bridgehead atoms. The van der Waals surface area contributed by atoms with Crippen LogP contribution in [0.25, 0.3) is 0 Å². The van der Waals surface area contributed by atoms with Crippen LogP contribution in [0.3, 0.4) is 0 Å². The Morgan fingerprint density at radius 2 is 0.857 bits per heavy atom. The predicted molar refractivity (Wildman–Crippen MR) is 418 cm³/mol. The molecule has 2 heterocycles. The van der Waals surface area contributed by atoms with E-state index >= 15 is 14.7 Å². The molecule has 1 aliphatic rings. The molecule has 0 radical (unpaired) electrons. The average Bonchev–Trinajstić information content (AvgIpc) is 0.787. The number of hydrogen-bond acceptors (Lipinski definition) is 19. The molecule has 1 fully saturated rings. The third kappa shape index (κ3) is 30.7. The van der Waals surface area contributed by atoms with Gasteiger partial charge in [0.2, 0.25) is 0 Å². The van der Waals surface area contributed by atoms with Gasteiger partial charge < -0.3 is 72.6 Å². The lowest BCUT2D eigenvalue weighted by molar-refractivity contribution is -0.707. The molecule has 1 aromatic heterocycles. The third-order valence-electron chi connectivity index (χ3n) is 17.2. The normalized spacial score (nSPS) is 17.2. The molecule has 3 amide bonds. The SMILES string of the molecule is CC(C)(C)OC(=O)N[C@@H](CCc1c[n+](C[C@@H](CC[C@@H](C(=O)OC(C)(C)C)N(Cc2ccccc2)C(=O)OCc2ccccc2)O[C@@H]2O[C@H](COCc3ccccc3)[C@H](OCc3ccccc3)[C@H](OCc3ccccc3)[C@H]2OCc2ccccc2)cc([O-])c1C[C@H](NC(=O)OC(C)(C)C)C(=O)OC(C)(C)C)C(=O)OC(C)(C)C. The first kappa shape index (κ1) is 87.8. The van der Waals surface area contributed by atoms with E-state index in [4.69, 9.17) is 56.8 Å². The highest BCUT2D eigenvalue weighted by Gasteiger charge is 2.51. The fourth-order valence-corrected chi connectivity index (χ4v) is 12.3. The zero-order chi connectivity index (χ0) is 81.2.